The van der Waals surface area contributed by atoms with Crippen LogP contribution >= 0.6 is 104 Å². The van der Waals surface area contributed by atoms with E-state index in [0.717, 1.165) is 45.5 Å². The van der Waals surface area contributed by atoms with Crippen molar-refractivity contribution in [2.45, 2.75) is 80.2 Å². The second-order valence-corrected chi connectivity index (χ2v) is 33.7. The van der Waals surface area contributed by atoms with Gasteiger partial charge in [-0.15, -0.1) is 0 Å². The molecule has 0 spiro atoms. The first-order chi connectivity index (χ1) is 61.8. The maximum atomic E-state index is 12.9. The average molecular weight is 1930 g/mol. The number of hydrogen-bond donors (Lipinski definition) is 6. The van der Waals surface area contributed by atoms with Gasteiger partial charge in [0.25, 0.3) is 0 Å². The highest BCUT2D eigenvalue weighted by molar-refractivity contribution is 6.47. The van der Waals surface area contributed by atoms with Gasteiger partial charge in [-0.2, -0.15) is 0 Å². The first-order valence-electron chi connectivity index (χ1n) is 39.4. The summed E-state index contributed by atoms with van der Waals surface area (Å²) in [6, 6.07) is 56.3. The fourth-order valence-corrected chi connectivity index (χ4v) is 17.9. The van der Waals surface area contributed by atoms with Crippen molar-refractivity contribution in [1.29, 1.82) is 0 Å². The van der Waals surface area contributed by atoms with Gasteiger partial charge >= 0.3 is 35.8 Å². The molecule has 5 aromatic heterocycles. The van der Waals surface area contributed by atoms with Gasteiger partial charge in [-0.25, -0.2) is 4.79 Å². The summed E-state index contributed by atoms with van der Waals surface area (Å²) in [7, 11) is 1.49. The van der Waals surface area contributed by atoms with E-state index >= 15 is 0 Å². The molecule has 12 aromatic carbocycles. The highest BCUT2D eigenvalue weighted by atomic mass is 35.5. The van der Waals surface area contributed by atoms with Crippen LogP contribution in [0.3, 0.4) is 0 Å². The fraction of sp³-hybridized carbons (Fsp3) is 0.144. The molecule has 6 heterocycles. The first-order valence-corrected chi connectivity index (χ1v) is 42.8. The van der Waals surface area contributed by atoms with Gasteiger partial charge in [-0.3, -0.25) is 47.9 Å². The molecule has 0 amide bonds. The normalized spacial score (nSPS) is 11.7. The van der Waals surface area contributed by atoms with Crippen molar-refractivity contribution in [1.82, 2.24) is 22.8 Å². The lowest BCUT2D eigenvalue weighted by molar-refractivity contribution is -0.140. The number of carboxylic acid groups (broad SMARTS) is 6. The second kappa shape index (κ2) is 39.1. The van der Waals surface area contributed by atoms with Crippen molar-refractivity contribution in [3.8, 4) is 5.75 Å². The van der Waals surface area contributed by atoms with Crippen molar-refractivity contribution >= 4 is 261 Å². The molecular weight excluding hydrogens is 1860 g/mol. The second-order valence-electron chi connectivity index (χ2n) is 30.2. The van der Waals surface area contributed by atoms with E-state index in [4.69, 9.17) is 114 Å². The largest absolute Gasteiger partial charge is 0.497 e. The third kappa shape index (κ3) is 18.4. The van der Waals surface area contributed by atoms with E-state index in [0.29, 0.717) is 141 Å². The van der Waals surface area contributed by atoms with Crippen LogP contribution in [0.25, 0.3) is 109 Å². The van der Waals surface area contributed by atoms with Gasteiger partial charge in [0.1, 0.15) is 44.5 Å². The molecule has 33 heteroatoms. The van der Waals surface area contributed by atoms with Gasteiger partial charge in [0, 0.05) is 77.1 Å². The first kappa shape index (κ1) is 94.6. The number of aromatic nitrogens is 5. The zero-order chi connectivity index (χ0) is 94.2. The number of carboxylic acids is 6. The lowest BCUT2D eigenvalue weighted by atomic mass is 9.95. The van der Waals surface area contributed by atoms with E-state index in [9.17, 15) is 78.3 Å². The summed E-state index contributed by atoms with van der Waals surface area (Å²) in [6.45, 7) is 9.76. The highest BCUT2D eigenvalue weighted by Gasteiger charge is 2.30. The Balaban J connectivity index is 0.000000133. The van der Waals surface area contributed by atoms with Crippen molar-refractivity contribution in [2.75, 3.05) is 18.6 Å². The van der Waals surface area contributed by atoms with Crippen molar-refractivity contribution in [3.63, 3.8) is 0 Å². The summed E-state index contributed by atoms with van der Waals surface area (Å²) >= 11 is 55.4. The molecule has 130 heavy (non-hydrogen) atoms. The molecule has 0 aliphatic carbocycles. The molecular formula is C97H73Cl9N6O18. The molecule has 1 aliphatic rings. The molecule has 18 rings (SSSR count). The van der Waals surface area contributed by atoms with Crippen molar-refractivity contribution in [3.05, 3.63) is 335 Å². The standard InChI is InChI=1S/C17H13Cl2NO3.C17H15NO3.C16H11Cl2NO4.C16H11Cl2NO3.C16H12ClNO3.C15H11Cl2NO2/c1-8-3-6-12-14(9(8)2)17(23)10-4-5-11(18)15(19)16(10)20(12)7-13(21)22;1-10-7-8-13-16(11(10)2)18(9-15(19)20)14-6-4-3-5-12(14)17(13)21;1-23-8-2-3-9-12(6-8)19(7-13(20)21)15-10(16(9)22)4-5-11(17)14(15)18;1-8(16(21)22)19-12-5-3-2-4-9(12)15(20)10-6-7-11(17)13(18)14(10)19;1-9-12(17)7-6-11-15(9)18(8-14(19)20)13-5-3-2-4-10(13)16(11)21;16-11-6-5-10-7-9-3-1-2-4-12(9)18(8-13(19)20)15(10)14(11)17/h3-6H,7H2,1-2H3,(H,21,22);3-8H,9H2,1-2H3,(H,19,20);2-6H,7H2,1H3,(H,20,21);2-8H,1H3,(H,21,22);2-7H,8H2,1H3,(H,19,20);1-6H,7-8H2,(H,19,20)/t;;;8-;;/m...0../s1. The van der Waals surface area contributed by atoms with Crippen LogP contribution in [0.2, 0.25) is 45.2 Å². The predicted molar refractivity (Wildman–Crippen MR) is 517 cm³/mol. The molecule has 0 unspecified atom stereocenters. The Kier molecular flexibility index (Phi) is 28.5. The number of benzene rings is 12. The minimum atomic E-state index is -1.06. The summed E-state index contributed by atoms with van der Waals surface area (Å²) in [5.41, 5.74) is 12.4. The van der Waals surface area contributed by atoms with Gasteiger partial charge in [-0.1, -0.05) is 177 Å². The van der Waals surface area contributed by atoms with Gasteiger partial charge in [-0.05, 0) is 202 Å². The van der Waals surface area contributed by atoms with E-state index < -0.39 is 41.9 Å². The third-order valence-corrected chi connectivity index (χ3v) is 26.0. The molecule has 662 valence electrons. The minimum Gasteiger partial charge on any atom is -0.497 e. The molecule has 1 aliphatic heterocycles. The Labute approximate surface area is 781 Å². The van der Waals surface area contributed by atoms with Crippen LogP contribution in [-0.4, -0.2) is 103 Å². The van der Waals surface area contributed by atoms with Gasteiger partial charge in [0.05, 0.1) is 108 Å². The number of methoxy groups -OCH3 is 1. The quantitative estimate of drug-likeness (QED) is 0.0584. The Bertz CT molecular complexity index is 7850. The number of halogens is 9. The molecule has 6 N–H and O–H groups in total. The topological polar surface area (TPSA) is 346 Å². The highest BCUT2D eigenvalue weighted by Crippen LogP contribution is 2.46. The van der Waals surface area contributed by atoms with E-state index in [-0.39, 0.29) is 90.0 Å². The number of anilines is 2. The van der Waals surface area contributed by atoms with Crippen LogP contribution in [0.4, 0.5) is 11.4 Å². The summed E-state index contributed by atoms with van der Waals surface area (Å²) in [4.78, 5) is 133. The lowest BCUT2D eigenvalue weighted by Crippen LogP contribution is -2.29. The number of para-hydroxylation sites is 4. The Morgan fingerprint density at radius 3 is 1.19 bits per heavy atom. The number of fused-ring (bicyclic) bond motifs is 12. The average Bonchev–Trinajstić information content (AvgIpc) is 0.771. The number of pyridine rings is 5. The maximum absolute atomic E-state index is 12.9. The van der Waals surface area contributed by atoms with Crippen LogP contribution < -0.4 is 36.8 Å². The van der Waals surface area contributed by atoms with Gasteiger partial charge < -0.3 is 63.1 Å². The molecule has 0 saturated carbocycles. The monoisotopic (exact) mass is 1920 g/mol. The zero-order valence-electron chi connectivity index (χ0n) is 69.5. The smallest absolute Gasteiger partial charge is 0.326 e. The third-order valence-electron chi connectivity index (χ3n) is 22.4. The molecule has 0 bridgehead atoms. The molecule has 1 atom stereocenters. The van der Waals surface area contributed by atoms with Crippen LogP contribution in [0.15, 0.2) is 224 Å². The minimum absolute atomic E-state index is 0.0506. The number of rotatable bonds is 13. The van der Waals surface area contributed by atoms with Gasteiger partial charge in [0.15, 0.2) is 27.1 Å². The van der Waals surface area contributed by atoms with E-state index in [2.05, 4.69) is 0 Å². The molecule has 17 aromatic rings. The van der Waals surface area contributed by atoms with Crippen LogP contribution in [0.5, 0.6) is 5.75 Å². The van der Waals surface area contributed by atoms with Crippen LogP contribution in [0.1, 0.15) is 51.9 Å². The molecule has 0 radical (unpaired) electrons. The van der Waals surface area contributed by atoms with Crippen molar-refractivity contribution < 1.29 is 64.1 Å². The van der Waals surface area contributed by atoms with E-state index in [1.165, 1.54) is 35.3 Å². The Hall–Kier alpha value is -13.0. The lowest BCUT2D eigenvalue weighted by Gasteiger charge is -2.33. The van der Waals surface area contributed by atoms with Crippen molar-refractivity contribution in [2.24, 2.45) is 0 Å². The maximum Gasteiger partial charge on any atom is 0.326 e. The predicted octanol–water partition coefficient (Wildman–Crippen LogP) is 22.0. The van der Waals surface area contributed by atoms with E-state index in [1.807, 2.05) is 76.2 Å². The number of hydrogen-bond acceptors (Lipinski definition) is 13. The zero-order valence-corrected chi connectivity index (χ0v) is 76.3. The number of aryl methyl sites for hydroxylation is 5. The summed E-state index contributed by atoms with van der Waals surface area (Å²) in [5, 5.41) is 62.6. The Morgan fingerprint density at radius 1 is 0.338 bits per heavy atom. The number of ether oxygens (including phenoxy) is 1. The molecule has 24 nitrogen and oxygen atoms in total. The number of aliphatic carboxylic acids is 6. The molecule has 0 saturated heterocycles. The van der Waals surface area contributed by atoms with Gasteiger partial charge in [0.2, 0.25) is 0 Å². The molecule has 0 fully saturated rings. The SMILES string of the molecule is COc1ccc2c(=O)c3ccc(Cl)c(Cl)c3n(CC(=O)O)c2c1.C[C@@H](C(=O)O)n1c2ccccc2c(=O)c2ccc(Cl)c(Cl)c21.Cc1c(Cl)ccc2c(=O)c3ccccc3n(CC(=O)O)c12.Cc1ccc2c(=O)c3ccccc3n(CC(=O)O)c2c1C.Cc1ccc2c(c1C)c(=O)c1ccc(Cl)c(Cl)c1n2CC(=O)O.O=C(O)CN1c2ccccc2Cc2ccc(Cl)c(Cl)c21. The number of carbonyl (C=O) groups is 6. The van der Waals surface area contributed by atoms with E-state index in [1.54, 1.807) is 165 Å². The fourth-order valence-electron chi connectivity index (χ4n) is 16.1. The van der Waals surface area contributed by atoms with Crippen LogP contribution in [-0.2, 0) is 61.4 Å². The van der Waals surface area contributed by atoms with Crippen LogP contribution in [0, 0.1) is 34.6 Å². The summed E-state index contributed by atoms with van der Waals surface area (Å²) in [5.74, 6) is -5.40. The number of nitrogens with zero attached hydrogens (tertiary/aromatic N) is 6. The Morgan fingerprint density at radius 2 is 0.700 bits per heavy atom. The summed E-state index contributed by atoms with van der Waals surface area (Å²) in [6.07, 6.45) is 0.721. The summed E-state index contributed by atoms with van der Waals surface area (Å²) < 4.78 is 13.1.